The van der Waals surface area contributed by atoms with Gasteiger partial charge in [-0.2, -0.15) is 9.57 Å². The summed E-state index contributed by atoms with van der Waals surface area (Å²) in [6.45, 7) is -0.599. The van der Waals surface area contributed by atoms with Crippen molar-refractivity contribution in [1.82, 2.24) is 19.5 Å². The van der Waals surface area contributed by atoms with Crippen LogP contribution >= 0.6 is 23.2 Å². The van der Waals surface area contributed by atoms with E-state index in [0.717, 1.165) is 10.4 Å². The molecule has 0 saturated carbocycles. The van der Waals surface area contributed by atoms with Crippen LogP contribution < -0.4 is 10.6 Å². The van der Waals surface area contributed by atoms with E-state index in [0.29, 0.717) is 11.3 Å². The number of nitrogens with zero attached hydrogens (tertiary/aromatic N) is 4. The van der Waals surface area contributed by atoms with Crippen molar-refractivity contribution < 1.29 is 36.7 Å². The lowest BCUT2D eigenvalue weighted by Crippen LogP contribution is -2.51. The Labute approximate surface area is 290 Å². The van der Waals surface area contributed by atoms with Crippen LogP contribution in [0.3, 0.4) is 0 Å². The number of pyridine rings is 1. The first kappa shape index (κ1) is 36.1. The number of nitrogens with one attached hydrogen (secondary N) is 2. The Morgan fingerprint density at radius 1 is 1.12 bits per heavy atom. The van der Waals surface area contributed by atoms with Crippen LogP contribution in [0.2, 0.25) is 10.0 Å². The summed E-state index contributed by atoms with van der Waals surface area (Å²) in [6.07, 6.45) is 2.07. The van der Waals surface area contributed by atoms with Crippen LogP contribution in [0, 0.1) is 11.3 Å². The maximum atomic E-state index is 14.3. The molecule has 2 aromatic carbocycles. The van der Waals surface area contributed by atoms with Crippen molar-refractivity contribution in [3.05, 3.63) is 87.7 Å². The molecule has 0 unspecified atom stereocenters. The number of carbonyl (C=O) groups is 3. The van der Waals surface area contributed by atoms with E-state index in [4.69, 9.17) is 23.2 Å². The van der Waals surface area contributed by atoms with Gasteiger partial charge in [-0.1, -0.05) is 41.4 Å². The predicted octanol–water partition coefficient (Wildman–Crippen LogP) is 4.19. The van der Waals surface area contributed by atoms with E-state index in [1.54, 1.807) is 0 Å². The summed E-state index contributed by atoms with van der Waals surface area (Å²) < 4.78 is 57.2. The molecule has 0 spiro atoms. The van der Waals surface area contributed by atoms with Crippen LogP contribution in [0.1, 0.15) is 40.7 Å². The monoisotopic (exact) mass is 734 g/mol. The highest BCUT2D eigenvalue weighted by Gasteiger charge is 2.48. The highest BCUT2D eigenvalue weighted by Crippen LogP contribution is 2.34. The molecule has 3 N–H and O–H groups in total. The highest BCUT2D eigenvalue weighted by atomic mass is 35.5. The number of piperidine rings is 1. The van der Waals surface area contributed by atoms with Crippen molar-refractivity contribution in [3.8, 4) is 6.07 Å². The molecule has 0 bridgehead atoms. The van der Waals surface area contributed by atoms with E-state index in [-0.39, 0.29) is 64.8 Å². The largest absolute Gasteiger partial charge is 0.480 e. The fraction of sp³-hybridized carbons (Fsp3) is 0.344. The van der Waals surface area contributed by atoms with Gasteiger partial charge in [0, 0.05) is 43.5 Å². The molecule has 0 aliphatic carbocycles. The van der Waals surface area contributed by atoms with Gasteiger partial charge in [0.1, 0.15) is 12.1 Å². The number of hydrogen-bond acceptors (Lipinski definition) is 8. The maximum Gasteiger partial charge on any atom is 0.326 e. The zero-order valence-corrected chi connectivity index (χ0v) is 28.0. The molecule has 1 aromatic heterocycles. The molecule has 3 heterocycles. The first-order valence-electron chi connectivity index (χ1n) is 15.0. The average Bonchev–Trinajstić information content (AvgIpc) is 3.52. The number of sulfonamides is 1. The van der Waals surface area contributed by atoms with Gasteiger partial charge in [-0.15, -0.1) is 0 Å². The number of carboxylic acids is 1. The molecule has 2 fully saturated rings. The molecule has 2 aliphatic rings. The van der Waals surface area contributed by atoms with E-state index in [2.05, 4.69) is 15.6 Å². The first-order chi connectivity index (χ1) is 23.2. The number of aliphatic carboxylic acids is 1. The van der Waals surface area contributed by atoms with Gasteiger partial charge in [-0.3, -0.25) is 19.5 Å². The third-order valence-corrected chi connectivity index (χ3v) is 10.8. The third-order valence-electron chi connectivity index (χ3n) is 8.39. The molecule has 17 heteroatoms. The molecule has 0 radical (unpaired) electrons. The molecule has 2 saturated heterocycles. The summed E-state index contributed by atoms with van der Waals surface area (Å²) in [5.74, 6) is -5.87. The van der Waals surface area contributed by atoms with Gasteiger partial charge in [-0.05, 0) is 55.3 Å². The second-order valence-corrected chi connectivity index (χ2v) is 14.5. The lowest BCUT2D eigenvalue weighted by Gasteiger charge is -2.36. The number of anilines is 1. The van der Waals surface area contributed by atoms with Crippen LogP contribution in [0.4, 0.5) is 14.5 Å². The number of likely N-dealkylation sites (tertiary alicyclic amines) is 1. The smallest absolute Gasteiger partial charge is 0.326 e. The van der Waals surface area contributed by atoms with Crippen molar-refractivity contribution >= 4 is 56.7 Å². The minimum absolute atomic E-state index is 0.0213. The molecule has 2 aliphatic heterocycles. The molecule has 5 rings (SSSR count). The molecule has 2 amide bonds. The quantitative estimate of drug-likeness (QED) is 0.276. The maximum absolute atomic E-state index is 14.3. The number of aromatic nitrogens is 1. The van der Waals surface area contributed by atoms with Crippen molar-refractivity contribution in [3.63, 3.8) is 0 Å². The van der Waals surface area contributed by atoms with Crippen molar-refractivity contribution in [1.29, 1.82) is 5.26 Å². The SMILES string of the molecule is N#Cc1cccc(S(=O)(=O)N2C[C@H](N3CCCC(F)(F)C3)C[C@H]2C(=O)N[C@@H](Cc2ccc(NC(=O)c3c(Cl)cncc3Cl)cc2)C(=O)O)c1. The average molecular weight is 736 g/mol. The van der Waals surface area contributed by atoms with Gasteiger partial charge < -0.3 is 15.7 Å². The number of carboxylic acid groups (broad SMARTS) is 1. The molecule has 12 nitrogen and oxygen atoms in total. The van der Waals surface area contributed by atoms with E-state index in [1.165, 1.54) is 59.8 Å². The first-order valence-corrected chi connectivity index (χ1v) is 17.2. The summed E-state index contributed by atoms with van der Waals surface area (Å²) in [5.41, 5.74) is 0.890. The van der Waals surface area contributed by atoms with Gasteiger partial charge >= 0.3 is 5.97 Å². The van der Waals surface area contributed by atoms with E-state index in [1.807, 2.05) is 6.07 Å². The van der Waals surface area contributed by atoms with E-state index >= 15 is 0 Å². The molecule has 258 valence electrons. The van der Waals surface area contributed by atoms with E-state index < -0.39 is 58.4 Å². The minimum Gasteiger partial charge on any atom is -0.480 e. The van der Waals surface area contributed by atoms with Gasteiger partial charge in [-0.25, -0.2) is 22.0 Å². The number of benzene rings is 2. The minimum atomic E-state index is -4.42. The van der Waals surface area contributed by atoms with Crippen LogP contribution in [-0.2, 0) is 26.0 Å². The Hall–Kier alpha value is -4.20. The van der Waals surface area contributed by atoms with Crippen molar-refractivity contribution in [2.45, 2.75) is 54.6 Å². The van der Waals surface area contributed by atoms with E-state index in [9.17, 15) is 42.0 Å². The normalized spacial score (nSPS) is 20.2. The second kappa shape index (κ2) is 14.7. The third kappa shape index (κ3) is 8.34. The van der Waals surface area contributed by atoms with Crippen LogP contribution in [0.5, 0.6) is 0 Å². The fourth-order valence-electron chi connectivity index (χ4n) is 5.97. The Kier molecular flexibility index (Phi) is 10.9. The number of halogens is 4. The topological polar surface area (TPSA) is 173 Å². The number of amides is 2. The summed E-state index contributed by atoms with van der Waals surface area (Å²) in [6, 6.07) is 9.52. The second-order valence-electron chi connectivity index (χ2n) is 11.8. The zero-order chi connectivity index (χ0) is 35.5. The fourth-order valence-corrected chi connectivity index (χ4v) is 8.19. The predicted molar refractivity (Wildman–Crippen MR) is 175 cm³/mol. The van der Waals surface area contributed by atoms with Crippen LogP contribution in [-0.4, -0.2) is 89.2 Å². The number of carbonyl (C=O) groups excluding carboxylic acids is 2. The van der Waals surface area contributed by atoms with Crippen molar-refractivity contribution in [2.24, 2.45) is 0 Å². The number of nitriles is 1. The summed E-state index contributed by atoms with van der Waals surface area (Å²) in [4.78, 5) is 43.7. The lowest BCUT2D eigenvalue weighted by atomic mass is 10.0. The Morgan fingerprint density at radius 2 is 1.82 bits per heavy atom. The van der Waals surface area contributed by atoms with Crippen LogP contribution in [0.25, 0.3) is 0 Å². The van der Waals surface area contributed by atoms with Crippen LogP contribution in [0.15, 0.2) is 65.8 Å². The summed E-state index contributed by atoms with van der Waals surface area (Å²) >= 11 is 12.1. The standard InChI is InChI=1S/C32H30Cl2F2N6O6S/c33-24-15-38-16-25(34)28(24)30(44)39-21-7-5-19(6-8-21)12-26(31(45)46)40-29(43)27-13-22(41-10-2-9-32(35,36)18-41)17-42(27)49(47,48)23-4-1-3-20(11-23)14-37/h1,3-8,11,15-16,22,26-27H,2,9-10,12-13,17-18H2,(H,39,44)(H,40,43)(H,45,46)/t22-,26+,27+/m1/s1. The summed E-state index contributed by atoms with van der Waals surface area (Å²) in [5, 5.41) is 24.5. The number of rotatable bonds is 10. The molecular weight excluding hydrogens is 705 g/mol. The zero-order valence-electron chi connectivity index (χ0n) is 25.7. The molecule has 49 heavy (non-hydrogen) atoms. The highest BCUT2D eigenvalue weighted by molar-refractivity contribution is 7.89. The molecule has 3 atom stereocenters. The Bertz CT molecular complexity index is 1890. The Morgan fingerprint density at radius 3 is 2.45 bits per heavy atom. The number of alkyl halides is 2. The lowest BCUT2D eigenvalue weighted by molar-refractivity contribution is -0.142. The van der Waals surface area contributed by atoms with Gasteiger partial charge in [0.05, 0.1) is 38.7 Å². The Balaban J connectivity index is 1.33. The van der Waals surface area contributed by atoms with Gasteiger partial charge in [0.25, 0.3) is 11.8 Å². The van der Waals surface area contributed by atoms with Crippen molar-refractivity contribution in [2.75, 3.05) is 25.0 Å². The van der Waals surface area contributed by atoms with Gasteiger partial charge in [0.15, 0.2) is 0 Å². The molecular formula is C32H30Cl2F2N6O6S. The summed E-state index contributed by atoms with van der Waals surface area (Å²) in [7, 11) is -4.42. The van der Waals surface area contributed by atoms with Gasteiger partial charge in [0.2, 0.25) is 15.9 Å². The molecule has 3 aromatic rings. The number of hydrogen-bond donors (Lipinski definition) is 3.